The van der Waals surface area contributed by atoms with E-state index in [0.29, 0.717) is 35.0 Å². The maximum absolute atomic E-state index is 13.2. The third-order valence-corrected chi connectivity index (χ3v) is 3.66. The first kappa shape index (κ1) is 16.9. The predicted octanol–water partition coefficient (Wildman–Crippen LogP) is 3.06. The molecule has 0 aliphatic rings. The molecule has 2 rings (SSSR count). The largest absolute Gasteiger partial charge is 0.480 e. The van der Waals surface area contributed by atoms with E-state index in [1.165, 1.54) is 12.1 Å². The van der Waals surface area contributed by atoms with Crippen LogP contribution in [0.4, 0.5) is 4.39 Å². The second-order valence-corrected chi connectivity index (χ2v) is 5.46. The van der Waals surface area contributed by atoms with Crippen LogP contribution in [-0.2, 0) is 4.79 Å². The molecule has 0 aliphatic heterocycles. The number of hydrogen-bond acceptors (Lipinski definition) is 3. The number of carboxylic acid groups (broad SMARTS) is 1. The molecule has 122 valence electrons. The number of nitrogens with one attached hydrogen (secondary N) is 1. The van der Waals surface area contributed by atoms with Crippen molar-refractivity contribution < 1.29 is 19.1 Å². The molecule has 0 saturated carbocycles. The molecule has 0 saturated heterocycles. The van der Waals surface area contributed by atoms with Crippen molar-refractivity contribution >= 4 is 22.8 Å². The Balaban J connectivity index is 2.27. The molecule has 1 amide bonds. The van der Waals surface area contributed by atoms with E-state index < -0.39 is 23.7 Å². The Hall–Kier alpha value is -2.50. The predicted molar refractivity (Wildman–Crippen MR) is 84.9 cm³/mol. The van der Waals surface area contributed by atoms with Gasteiger partial charge in [0.25, 0.3) is 5.91 Å². The van der Waals surface area contributed by atoms with Crippen LogP contribution in [0.3, 0.4) is 0 Å². The zero-order chi connectivity index (χ0) is 17.0. The van der Waals surface area contributed by atoms with E-state index in [1.807, 2.05) is 6.92 Å². The topological polar surface area (TPSA) is 79.3 Å². The molecule has 0 bridgehead atoms. The first-order chi connectivity index (χ1) is 10.9. The van der Waals surface area contributed by atoms with Gasteiger partial charge >= 0.3 is 5.97 Å². The quantitative estimate of drug-likeness (QED) is 0.858. The maximum Gasteiger partial charge on any atom is 0.326 e. The molecule has 5 nitrogen and oxygen atoms in total. The number of aryl methyl sites for hydroxylation is 1. The van der Waals surface area contributed by atoms with Crippen LogP contribution in [0.1, 0.15) is 42.2 Å². The molecule has 23 heavy (non-hydrogen) atoms. The molecule has 1 atom stereocenters. The van der Waals surface area contributed by atoms with Gasteiger partial charge in [0.05, 0.1) is 16.8 Å². The molecule has 2 N–H and O–H groups in total. The van der Waals surface area contributed by atoms with Gasteiger partial charge in [0, 0.05) is 11.5 Å². The average molecular weight is 318 g/mol. The Morgan fingerprint density at radius 1 is 1.35 bits per heavy atom. The molecule has 0 aliphatic carbocycles. The number of fused-ring (bicyclic) bond motifs is 1. The molecule has 0 spiro atoms. The molecule has 0 radical (unpaired) electrons. The standard InChI is InChI=1S/C17H19FN2O3/c1-3-4-5-14(17(22)23)20-16(21)13-8-11-6-7-12(18)9-15(11)19-10(13)2/h6-9,14H,3-5H2,1-2H3,(H,20,21)(H,22,23)/t14-/m0/s1. The van der Waals surface area contributed by atoms with Crippen molar-refractivity contribution in [1.82, 2.24) is 10.3 Å². The second-order valence-electron chi connectivity index (χ2n) is 5.46. The fraction of sp³-hybridized carbons (Fsp3) is 0.353. The fourth-order valence-corrected chi connectivity index (χ4v) is 2.37. The van der Waals surface area contributed by atoms with Crippen molar-refractivity contribution in [2.75, 3.05) is 0 Å². The Morgan fingerprint density at radius 2 is 2.09 bits per heavy atom. The minimum Gasteiger partial charge on any atom is -0.480 e. The normalized spacial score (nSPS) is 12.1. The number of nitrogens with zero attached hydrogens (tertiary/aromatic N) is 1. The summed E-state index contributed by atoms with van der Waals surface area (Å²) in [7, 11) is 0. The monoisotopic (exact) mass is 318 g/mol. The summed E-state index contributed by atoms with van der Waals surface area (Å²) in [5.74, 6) is -1.93. The van der Waals surface area contributed by atoms with Gasteiger partial charge < -0.3 is 10.4 Å². The Morgan fingerprint density at radius 3 is 2.74 bits per heavy atom. The molecular weight excluding hydrogens is 299 g/mol. The fourth-order valence-electron chi connectivity index (χ4n) is 2.37. The number of halogens is 1. The molecule has 1 heterocycles. The van der Waals surface area contributed by atoms with E-state index in [2.05, 4.69) is 10.3 Å². The summed E-state index contributed by atoms with van der Waals surface area (Å²) in [5, 5.41) is 12.4. The number of carbonyl (C=O) groups excluding carboxylic acids is 1. The van der Waals surface area contributed by atoms with Gasteiger partial charge in [-0.3, -0.25) is 9.78 Å². The SMILES string of the molecule is CCCC[C@H](NC(=O)c1cc2ccc(F)cc2nc1C)C(=O)O. The van der Waals surface area contributed by atoms with Gasteiger partial charge in [-0.2, -0.15) is 0 Å². The zero-order valence-corrected chi connectivity index (χ0v) is 13.1. The summed E-state index contributed by atoms with van der Waals surface area (Å²) in [6.07, 6.45) is 1.94. The lowest BCUT2D eigenvalue weighted by molar-refractivity contribution is -0.139. The summed E-state index contributed by atoms with van der Waals surface area (Å²) in [5.41, 5.74) is 1.19. The molecule has 1 aromatic carbocycles. The van der Waals surface area contributed by atoms with Crippen LogP contribution in [-0.4, -0.2) is 28.0 Å². The summed E-state index contributed by atoms with van der Waals surface area (Å²) < 4.78 is 13.2. The third kappa shape index (κ3) is 4.03. The van der Waals surface area contributed by atoms with Crippen LogP contribution in [0, 0.1) is 12.7 Å². The van der Waals surface area contributed by atoms with E-state index in [9.17, 15) is 19.1 Å². The zero-order valence-electron chi connectivity index (χ0n) is 13.1. The van der Waals surface area contributed by atoms with Crippen LogP contribution in [0.15, 0.2) is 24.3 Å². The van der Waals surface area contributed by atoms with Crippen LogP contribution in [0.2, 0.25) is 0 Å². The molecule has 0 fully saturated rings. The third-order valence-electron chi connectivity index (χ3n) is 3.66. The molecule has 2 aromatic rings. The van der Waals surface area contributed by atoms with E-state index in [1.54, 1.807) is 19.1 Å². The number of benzene rings is 1. The van der Waals surface area contributed by atoms with Crippen molar-refractivity contribution in [3.63, 3.8) is 0 Å². The van der Waals surface area contributed by atoms with E-state index in [0.717, 1.165) is 6.42 Å². The number of carboxylic acids is 1. The van der Waals surface area contributed by atoms with E-state index in [-0.39, 0.29) is 0 Å². The minimum absolute atomic E-state index is 0.298. The van der Waals surface area contributed by atoms with Gasteiger partial charge in [-0.25, -0.2) is 9.18 Å². The van der Waals surface area contributed by atoms with Gasteiger partial charge in [-0.1, -0.05) is 19.8 Å². The lowest BCUT2D eigenvalue weighted by atomic mass is 10.1. The highest BCUT2D eigenvalue weighted by Crippen LogP contribution is 2.18. The van der Waals surface area contributed by atoms with Crippen molar-refractivity contribution in [3.8, 4) is 0 Å². The highest BCUT2D eigenvalue weighted by atomic mass is 19.1. The number of rotatable bonds is 6. The van der Waals surface area contributed by atoms with Crippen LogP contribution < -0.4 is 5.32 Å². The summed E-state index contributed by atoms with van der Waals surface area (Å²) in [4.78, 5) is 27.8. The number of amides is 1. The van der Waals surface area contributed by atoms with Gasteiger partial charge in [0.1, 0.15) is 11.9 Å². The number of carbonyl (C=O) groups is 2. The van der Waals surface area contributed by atoms with E-state index >= 15 is 0 Å². The first-order valence-corrected chi connectivity index (χ1v) is 7.53. The summed E-state index contributed by atoms with van der Waals surface area (Å²) in [6.45, 7) is 3.60. The summed E-state index contributed by atoms with van der Waals surface area (Å²) in [6, 6.07) is 4.81. The number of aromatic nitrogens is 1. The lowest BCUT2D eigenvalue weighted by Gasteiger charge is -2.15. The molecular formula is C17H19FN2O3. The highest BCUT2D eigenvalue weighted by molar-refractivity contribution is 6.00. The second kappa shape index (κ2) is 7.17. The van der Waals surface area contributed by atoms with Crippen molar-refractivity contribution in [1.29, 1.82) is 0 Å². The Kier molecular flexibility index (Phi) is 5.26. The molecule has 1 aromatic heterocycles. The highest BCUT2D eigenvalue weighted by Gasteiger charge is 2.21. The first-order valence-electron chi connectivity index (χ1n) is 7.53. The molecule has 6 heteroatoms. The van der Waals surface area contributed by atoms with Crippen molar-refractivity contribution in [3.05, 3.63) is 41.3 Å². The van der Waals surface area contributed by atoms with Gasteiger partial charge in [-0.05, 0) is 31.5 Å². The summed E-state index contributed by atoms with van der Waals surface area (Å²) >= 11 is 0. The van der Waals surface area contributed by atoms with Gasteiger partial charge in [-0.15, -0.1) is 0 Å². The van der Waals surface area contributed by atoms with Crippen molar-refractivity contribution in [2.24, 2.45) is 0 Å². The number of unbranched alkanes of at least 4 members (excludes halogenated alkanes) is 1. The Bertz CT molecular complexity index is 746. The maximum atomic E-state index is 13.2. The van der Waals surface area contributed by atoms with Crippen LogP contribution >= 0.6 is 0 Å². The van der Waals surface area contributed by atoms with Crippen LogP contribution in [0.5, 0.6) is 0 Å². The minimum atomic E-state index is -1.06. The van der Waals surface area contributed by atoms with Gasteiger partial charge in [0.15, 0.2) is 0 Å². The van der Waals surface area contributed by atoms with Crippen molar-refractivity contribution in [2.45, 2.75) is 39.2 Å². The number of aliphatic carboxylic acids is 1. The smallest absolute Gasteiger partial charge is 0.326 e. The van der Waals surface area contributed by atoms with Crippen LogP contribution in [0.25, 0.3) is 10.9 Å². The average Bonchev–Trinajstić information content (AvgIpc) is 2.50. The molecule has 0 unspecified atom stereocenters. The number of pyridine rings is 1. The van der Waals surface area contributed by atoms with E-state index in [4.69, 9.17) is 0 Å². The number of hydrogen-bond donors (Lipinski definition) is 2. The lowest BCUT2D eigenvalue weighted by Crippen LogP contribution is -2.41. The Labute approximate surface area is 133 Å². The van der Waals surface area contributed by atoms with Gasteiger partial charge in [0.2, 0.25) is 0 Å².